The summed E-state index contributed by atoms with van der Waals surface area (Å²) in [6.07, 6.45) is -4.35. The maximum Gasteiger partial charge on any atom is 0.433 e. The van der Waals surface area contributed by atoms with Gasteiger partial charge in [0.1, 0.15) is 5.69 Å². The van der Waals surface area contributed by atoms with Gasteiger partial charge in [-0.3, -0.25) is 9.78 Å². The highest BCUT2D eigenvalue weighted by Crippen LogP contribution is 2.27. The lowest BCUT2D eigenvalue weighted by atomic mass is 10.2. The molecule has 0 aliphatic carbocycles. The van der Waals surface area contributed by atoms with Gasteiger partial charge in [0, 0.05) is 19.8 Å². The minimum absolute atomic E-state index is 0.0474. The molecular weight excluding hydrogens is 249 g/mol. The summed E-state index contributed by atoms with van der Waals surface area (Å²) in [5, 5.41) is 9.11. The zero-order valence-corrected chi connectivity index (χ0v) is 9.90. The first-order valence-electron chi connectivity index (χ1n) is 5.18. The number of aliphatic hydroxyl groups is 1. The van der Waals surface area contributed by atoms with Crippen molar-refractivity contribution in [3.8, 4) is 0 Å². The van der Waals surface area contributed by atoms with Gasteiger partial charge in [-0.15, -0.1) is 0 Å². The molecule has 1 amide bonds. The Morgan fingerprint density at radius 1 is 1.50 bits per heavy atom. The number of carbonyl (C=O) groups is 1. The number of likely N-dealkylation sites (N-methyl/N-ethyl adjacent to an activating group) is 1. The fourth-order valence-electron chi connectivity index (χ4n) is 1.39. The van der Waals surface area contributed by atoms with Crippen LogP contribution in [0, 0.1) is 0 Å². The van der Waals surface area contributed by atoms with Crippen molar-refractivity contribution >= 4 is 5.91 Å². The van der Waals surface area contributed by atoms with Crippen LogP contribution in [0.3, 0.4) is 0 Å². The molecule has 7 heteroatoms. The Labute approximate surface area is 102 Å². The van der Waals surface area contributed by atoms with E-state index in [1.54, 1.807) is 0 Å². The van der Waals surface area contributed by atoms with Gasteiger partial charge >= 0.3 is 6.18 Å². The fourth-order valence-corrected chi connectivity index (χ4v) is 1.39. The minimum Gasteiger partial charge on any atom is -0.392 e. The van der Waals surface area contributed by atoms with Crippen molar-refractivity contribution in [1.29, 1.82) is 0 Å². The molecule has 1 aromatic rings. The normalized spacial score (nSPS) is 13.2. The second-order valence-corrected chi connectivity index (χ2v) is 3.96. The molecule has 18 heavy (non-hydrogen) atoms. The number of hydrogen-bond donors (Lipinski definition) is 1. The lowest BCUT2D eigenvalue weighted by Gasteiger charge is -2.18. The third-order valence-electron chi connectivity index (χ3n) is 2.19. The summed E-state index contributed by atoms with van der Waals surface area (Å²) < 4.78 is 36.8. The number of rotatable bonds is 3. The van der Waals surface area contributed by atoms with E-state index in [0.717, 1.165) is 18.3 Å². The summed E-state index contributed by atoms with van der Waals surface area (Å²) in [5.74, 6) is -0.489. The van der Waals surface area contributed by atoms with E-state index in [-0.39, 0.29) is 12.1 Å². The highest BCUT2D eigenvalue weighted by molar-refractivity contribution is 5.93. The average Bonchev–Trinajstić information content (AvgIpc) is 2.26. The molecule has 1 atom stereocenters. The Morgan fingerprint density at radius 3 is 2.50 bits per heavy atom. The van der Waals surface area contributed by atoms with Crippen molar-refractivity contribution in [3.05, 3.63) is 29.6 Å². The molecule has 0 aromatic carbocycles. The molecule has 1 rings (SSSR count). The van der Waals surface area contributed by atoms with Crippen LogP contribution >= 0.6 is 0 Å². The number of amides is 1. The van der Waals surface area contributed by atoms with E-state index in [2.05, 4.69) is 4.98 Å². The van der Waals surface area contributed by atoms with E-state index >= 15 is 0 Å². The fraction of sp³-hybridized carbons (Fsp3) is 0.455. The first-order valence-corrected chi connectivity index (χ1v) is 5.18. The Balaban J connectivity index is 2.82. The van der Waals surface area contributed by atoms with Gasteiger partial charge in [-0.1, -0.05) is 0 Å². The Bertz CT molecular complexity index is 415. The van der Waals surface area contributed by atoms with Gasteiger partial charge in [0.15, 0.2) is 0 Å². The maximum absolute atomic E-state index is 12.3. The maximum atomic E-state index is 12.3. The minimum atomic E-state index is -4.52. The quantitative estimate of drug-likeness (QED) is 0.899. The number of alkyl halides is 3. The number of carbonyl (C=O) groups excluding carboxylic acids is 1. The first-order chi connectivity index (χ1) is 8.21. The SMILES string of the molecule is CC(O)CN(C)C(=O)c1ccc(C(F)(F)F)nc1. The second kappa shape index (κ2) is 5.34. The van der Waals surface area contributed by atoms with Crippen molar-refractivity contribution in [2.24, 2.45) is 0 Å². The summed E-state index contributed by atoms with van der Waals surface area (Å²) in [4.78, 5) is 16.1. The molecule has 0 bridgehead atoms. The zero-order chi connectivity index (χ0) is 13.9. The molecule has 0 spiro atoms. The predicted octanol–water partition coefficient (Wildman–Crippen LogP) is 1.55. The molecule has 0 aliphatic heterocycles. The molecule has 0 fully saturated rings. The molecule has 1 aromatic heterocycles. The van der Waals surface area contributed by atoms with E-state index in [9.17, 15) is 18.0 Å². The summed E-state index contributed by atoms with van der Waals surface area (Å²) in [6, 6.07) is 1.82. The van der Waals surface area contributed by atoms with Crippen molar-refractivity contribution in [3.63, 3.8) is 0 Å². The van der Waals surface area contributed by atoms with E-state index in [0.29, 0.717) is 0 Å². The highest BCUT2D eigenvalue weighted by atomic mass is 19.4. The third kappa shape index (κ3) is 3.69. The van der Waals surface area contributed by atoms with Crippen LogP contribution in [0.1, 0.15) is 23.0 Å². The van der Waals surface area contributed by atoms with Crippen molar-refractivity contribution in [1.82, 2.24) is 9.88 Å². The molecule has 100 valence electrons. The van der Waals surface area contributed by atoms with Gasteiger partial charge in [0.05, 0.1) is 11.7 Å². The lowest BCUT2D eigenvalue weighted by molar-refractivity contribution is -0.141. The summed E-state index contributed by atoms with van der Waals surface area (Å²) in [6.45, 7) is 1.61. The molecule has 1 unspecified atom stereocenters. The van der Waals surface area contributed by atoms with Crippen LogP contribution in [0.15, 0.2) is 18.3 Å². The average molecular weight is 262 g/mol. The Morgan fingerprint density at radius 2 is 2.11 bits per heavy atom. The van der Waals surface area contributed by atoms with Crippen molar-refractivity contribution in [2.75, 3.05) is 13.6 Å². The molecule has 0 saturated heterocycles. The van der Waals surface area contributed by atoms with Gasteiger partial charge in [0.2, 0.25) is 0 Å². The molecule has 0 radical (unpaired) electrons. The molecule has 1 heterocycles. The zero-order valence-electron chi connectivity index (χ0n) is 9.90. The summed E-state index contributed by atoms with van der Waals surface area (Å²) in [7, 11) is 1.45. The van der Waals surface area contributed by atoms with Gasteiger partial charge in [0.25, 0.3) is 5.91 Å². The number of nitrogens with zero attached hydrogens (tertiary/aromatic N) is 2. The monoisotopic (exact) mass is 262 g/mol. The van der Waals surface area contributed by atoms with Crippen LogP contribution in [0.25, 0.3) is 0 Å². The topological polar surface area (TPSA) is 53.4 Å². The number of aromatic nitrogens is 1. The van der Waals surface area contributed by atoms with Crippen LogP contribution in [-0.2, 0) is 6.18 Å². The van der Waals surface area contributed by atoms with Crippen LogP contribution in [0.4, 0.5) is 13.2 Å². The highest BCUT2D eigenvalue weighted by Gasteiger charge is 2.32. The van der Waals surface area contributed by atoms with Gasteiger partial charge in [-0.05, 0) is 19.1 Å². The number of hydrogen-bond acceptors (Lipinski definition) is 3. The standard InChI is InChI=1S/C11H13F3N2O2/c1-7(17)6-16(2)10(18)8-3-4-9(15-5-8)11(12,13)14/h3-5,7,17H,6H2,1-2H3. The molecule has 4 nitrogen and oxygen atoms in total. The lowest BCUT2D eigenvalue weighted by Crippen LogP contribution is -2.33. The first kappa shape index (κ1) is 14.4. The molecular formula is C11H13F3N2O2. The van der Waals surface area contributed by atoms with Crippen molar-refractivity contribution in [2.45, 2.75) is 19.2 Å². The number of pyridine rings is 1. The van der Waals surface area contributed by atoms with E-state index < -0.39 is 23.9 Å². The third-order valence-corrected chi connectivity index (χ3v) is 2.19. The summed E-state index contributed by atoms with van der Waals surface area (Å²) in [5.41, 5.74) is -0.997. The van der Waals surface area contributed by atoms with Crippen molar-refractivity contribution < 1.29 is 23.1 Å². The molecule has 1 N–H and O–H groups in total. The van der Waals surface area contributed by atoms with Gasteiger partial charge in [-0.2, -0.15) is 13.2 Å². The Hall–Kier alpha value is -1.63. The van der Waals surface area contributed by atoms with Crippen LogP contribution in [0.5, 0.6) is 0 Å². The van der Waals surface area contributed by atoms with E-state index in [4.69, 9.17) is 5.11 Å². The molecule has 0 saturated carbocycles. The van der Waals surface area contributed by atoms with Crippen LogP contribution in [-0.4, -0.2) is 40.6 Å². The largest absolute Gasteiger partial charge is 0.433 e. The van der Waals surface area contributed by atoms with E-state index in [1.807, 2.05) is 0 Å². The second-order valence-electron chi connectivity index (χ2n) is 3.96. The smallest absolute Gasteiger partial charge is 0.392 e. The van der Waals surface area contributed by atoms with Gasteiger partial charge in [-0.25, -0.2) is 0 Å². The van der Waals surface area contributed by atoms with E-state index in [1.165, 1.54) is 18.9 Å². The number of aliphatic hydroxyl groups excluding tert-OH is 1. The predicted molar refractivity (Wildman–Crippen MR) is 57.9 cm³/mol. The molecule has 0 aliphatic rings. The van der Waals surface area contributed by atoms with Crippen LogP contribution in [0.2, 0.25) is 0 Å². The Kier molecular flexibility index (Phi) is 4.28. The van der Waals surface area contributed by atoms with Crippen LogP contribution < -0.4 is 0 Å². The number of halogens is 3. The summed E-state index contributed by atoms with van der Waals surface area (Å²) >= 11 is 0. The van der Waals surface area contributed by atoms with Gasteiger partial charge < -0.3 is 10.0 Å².